The summed E-state index contributed by atoms with van der Waals surface area (Å²) in [6.45, 7) is -11.4. The largest absolute Gasteiger partial charge is 0.394 e. The molecule has 5 amide bonds. The molecular formula is C82H139N5O61. The van der Waals surface area contributed by atoms with E-state index in [2.05, 4.69) is 26.6 Å². The van der Waals surface area contributed by atoms with E-state index in [1.54, 1.807) is 0 Å². The van der Waals surface area contributed by atoms with Gasteiger partial charge in [-0.15, -0.1) is 0 Å². The SMILES string of the molecule is CC(=O)N[C@H]1[C@H](OC[C@H]2O[C@H](OC[C@H]3O[C@@H](O[C@@H]([C@H](O)[C@H](CO)NC(C)=O)[C@H](O)CO)[C@@H](O)[C@@H](O[C@H]4O[C@H](CO)[C@@H](O[C@@H]5O[C@H](CO)[C@@H](O[C@@H]6O[C@H](CO)[C@H](O)[C@H](O)[C@H]6O)[C@H](O)[C@H]5NC(C)=O)[C@H](O)[C@@H]4O[C@@H]4O[C@H](CO)[C@@H](O[C@@H]5O[C@H](CO)[C@H](O)[C@H](O)[C@H]5O)[C@H](O)[C@H]4NC(C)=O)[C@@H]3O)[C@@H](O[C@@H]3O[C@H](CO)[C@@H](O[C@@H]4O[C@H](CO)[C@H](O)[C@H](O)[C@H]4O)[C@H](O)[C@H]3NC(C)=O)[C@@H](O)[C@@H]2O)O[C@H](CO)[C@@H](O[C@@H]2O[C@H](CO)[C@H](O)[C@H](O)[C@H]2O)[C@@H]1O. The van der Waals surface area contributed by atoms with Gasteiger partial charge in [0.1, 0.15) is 287 Å². The Kier molecular flexibility index (Phi) is 45.7. The molecule has 39 N–H and O–H groups in total. The Bertz CT molecular complexity index is 4070. The van der Waals surface area contributed by atoms with Crippen LogP contribution in [-0.4, -0.2) is 651 Å². The summed E-state index contributed by atoms with van der Waals surface area (Å²) < 4.78 is 132. The van der Waals surface area contributed by atoms with Crippen molar-refractivity contribution in [1.82, 2.24) is 26.6 Å². The van der Waals surface area contributed by atoms with Crippen molar-refractivity contribution in [3.05, 3.63) is 0 Å². The van der Waals surface area contributed by atoms with Crippen molar-refractivity contribution in [2.24, 2.45) is 0 Å². The normalized spacial score (nSPS) is 47.1. The molecule has 11 heterocycles. The molecule has 0 bridgehead atoms. The van der Waals surface area contributed by atoms with E-state index in [0.29, 0.717) is 0 Å². The molecule has 11 aliphatic rings. The predicted molar refractivity (Wildman–Crippen MR) is 455 cm³/mol. The number of hydrogen-bond acceptors (Lipinski definition) is 61. The smallest absolute Gasteiger partial charge is 0.217 e. The quantitative estimate of drug-likeness (QED) is 0.0270. The minimum atomic E-state index is -2.83. The second-order valence-electron chi connectivity index (χ2n) is 37.1. The highest BCUT2D eigenvalue weighted by atomic mass is 16.8. The lowest BCUT2D eigenvalue weighted by atomic mass is 9.93. The monoisotopic (exact) mass is 2170 g/mol. The topological polar surface area (TPSA) is 1040 Å². The highest BCUT2D eigenvalue weighted by Crippen LogP contribution is 2.43. The molecule has 66 heteroatoms. The first-order valence-corrected chi connectivity index (χ1v) is 47.1. The second-order valence-corrected chi connectivity index (χ2v) is 37.1. The van der Waals surface area contributed by atoms with E-state index < -0.39 is 477 Å². The summed E-state index contributed by atoms with van der Waals surface area (Å²) in [7, 11) is 0. The zero-order valence-corrected chi connectivity index (χ0v) is 79.5. The third kappa shape index (κ3) is 27.9. The van der Waals surface area contributed by atoms with Gasteiger partial charge in [0.05, 0.1) is 91.9 Å². The van der Waals surface area contributed by atoms with Gasteiger partial charge in [-0.05, 0) is 0 Å². The van der Waals surface area contributed by atoms with Gasteiger partial charge < -0.3 is 304 Å². The molecule has 11 saturated heterocycles. The molecule has 59 atom stereocenters. The van der Waals surface area contributed by atoms with Crippen molar-refractivity contribution in [2.45, 2.75) is 396 Å². The minimum Gasteiger partial charge on any atom is -0.394 e. The number of carbonyl (C=O) groups is 5. The van der Waals surface area contributed by atoms with Crippen molar-refractivity contribution < 1.29 is 302 Å². The summed E-state index contributed by atoms with van der Waals surface area (Å²) >= 11 is 0. The maximum Gasteiger partial charge on any atom is 0.217 e. The van der Waals surface area contributed by atoms with Crippen LogP contribution in [0, 0.1) is 0 Å². The van der Waals surface area contributed by atoms with Crippen LogP contribution in [0.1, 0.15) is 34.6 Å². The Balaban J connectivity index is 0.996. The summed E-state index contributed by atoms with van der Waals surface area (Å²) in [5, 5.41) is 394. The molecule has 0 saturated carbocycles. The Morgan fingerprint density at radius 1 is 0.230 bits per heavy atom. The maximum absolute atomic E-state index is 13.5. The Morgan fingerprint density at radius 2 is 0.480 bits per heavy atom. The lowest BCUT2D eigenvalue weighted by Crippen LogP contribution is -2.71. The molecule has 66 nitrogen and oxygen atoms in total. The number of amides is 5. The summed E-state index contributed by atoms with van der Waals surface area (Å²) in [4.78, 5) is 65.6. The fourth-order valence-corrected chi connectivity index (χ4v) is 18.8. The Hall–Kier alpha value is -4.89. The third-order valence-corrected chi connectivity index (χ3v) is 26.7. The first-order chi connectivity index (χ1) is 70.0. The molecule has 0 spiro atoms. The van der Waals surface area contributed by atoms with Crippen LogP contribution in [0.15, 0.2) is 0 Å². The van der Waals surface area contributed by atoms with Gasteiger partial charge in [-0.3, -0.25) is 24.0 Å². The molecule has 0 radical (unpaired) electrons. The van der Waals surface area contributed by atoms with Gasteiger partial charge >= 0.3 is 0 Å². The lowest BCUT2D eigenvalue weighted by Gasteiger charge is -2.52. The Labute approximate surface area is 837 Å². The zero-order chi connectivity index (χ0) is 109. The first-order valence-electron chi connectivity index (χ1n) is 47.1. The molecule has 11 rings (SSSR count). The summed E-state index contributed by atoms with van der Waals surface area (Å²) in [5.41, 5.74) is 0. The zero-order valence-electron chi connectivity index (χ0n) is 79.5. The van der Waals surface area contributed by atoms with E-state index in [9.17, 15) is 198 Å². The molecular weight excluding hydrogens is 2030 g/mol. The van der Waals surface area contributed by atoms with E-state index in [0.717, 1.165) is 34.6 Å². The summed E-state index contributed by atoms with van der Waals surface area (Å²) in [6.07, 6.45) is -121. The highest BCUT2D eigenvalue weighted by molar-refractivity contribution is 5.75. The van der Waals surface area contributed by atoms with Crippen LogP contribution in [0.25, 0.3) is 0 Å². The van der Waals surface area contributed by atoms with Crippen LogP contribution in [0.5, 0.6) is 0 Å². The third-order valence-electron chi connectivity index (χ3n) is 26.7. The van der Waals surface area contributed by atoms with Crippen molar-refractivity contribution in [2.75, 3.05) is 85.9 Å². The van der Waals surface area contributed by atoms with Crippen LogP contribution in [0.4, 0.5) is 0 Å². The van der Waals surface area contributed by atoms with E-state index in [1.807, 2.05) is 0 Å². The number of aliphatic hydroxyl groups is 34. The fraction of sp³-hybridized carbons (Fsp3) is 0.939. The minimum absolute atomic E-state index is 0.845. The first kappa shape index (κ1) is 123. The van der Waals surface area contributed by atoms with Crippen LogP contribution in [0.2, 0.25) is 0 Å². The van der Waals surface area contributed by atoms with Crippen molar-refractivity contribution in [3.63, 3.8) is 0 Å². The summed E-state index contributed by atoms with van der Waals surface area (Å²) in [5.74, 6) is -5.13. The number of carbonyl (C=O) groups excluding carboxylic acids is 5. The van der Waals surface area contributed by atoms with Crippen molar-refractivity contribution in [1.29, 1.82) is 0 Å². The Morgan fingerprint density at radius 3 is 0.791 bits per heavy atom. The average Bonchev–Trinajstić information content (AvgIpc) is 0.756. The van der Waals surface area contributed by atoms with E-state index in [4.69, 9.17) is 104 Å². The van der Waals surface area contributed by atoms with Gasteiger partial charge in [0, 0.05) is 34.6 Å². The van der Waals surface area contributed by atoms with Gasteiger partial charge in [0.15, 0.2) is 69.2 Å². The van der Waals surface area contributed by atoms with E-state index in [-0.39, 0.29) is 0 Å². The van der Waals surface area contributed by atoms with Crippen LogP contribution < -0.4 is 26.6 Å². The van der Waals surface area contributed by atoms with Gasteiger partial charge in [0.2, 0.25) is 29.5 Å². The number of nitrogens with one attached hydrogen (secondary N) is 5. The second kappa shape index (κ2) is 54.9. The molecule has 11 aliphatic heterocycles. The number of hydrogen-bond donors (Lipinski definition) is 39. The van der Waals surface area contributed by atoms with E-state index >= 15 is 0 Å². The number of aliphatic hydroxyl groups excluding tert-OH is 34. The molecule has 0 aromatic heterocycles. The van der Waals surface area contributed by atoms with Gasteiger partial charge in [-0.25, -0.2) is 0 Å². The molecule has 858 valence electrons. The van der Waals surface area contributed by atoms with Gasteiger partial charge in [-0.2, -0.15) is 0 Å². The van der Waals surface area contributed by atoms with Crippen molar-refractivity contribution in [3.8, 4) is 0 Å². The van der Waals surface area contributed by atoms with Crippen LogP contribution in [-0.2, 0) is 128 Å². The lowest BCUT2D eigenvalue weighted by molar-refractivity contribution is -0.404. The predicted octanol–water partition coefficient (Wildman–Crippen LogP) is -26.8. The summed E-state index contributed by atoms with van der Waals surface area (Å²) in [6, 6.07) is -10.2. The fourth-order valence-electron chi connectivity index (χ4n) is 18.8. The van der Waals surface area contributed by atoms with Gasteiger partial charge in [-0.1, -0.05) is 0 Å². The van der Waals surface area contributed by atoms with Gasteiger partial charge in [0.25, 0.3) is 0 Å². The molecule has 0 aliphatic carbocycles. The van der Waals surface area contributed by atoms with Crippen molar-refractivity contribution >= 4 is 29.5 Å². The molecule has 0 aromatic carbocycles. The van der Waals surface area contributed by atoms with E-state index in [1.165, 1.54) is 0 Å². The van der Waals surface area contributed by atoms with Crippen LogP contribution in [0.3, 0.4) is 0 Å². The highest BCUT2D eigenvalue weighted by Gasteiger charge is 2.64. The van der Waals surface area contributed by atoms with Crippen LogP contribution >= 0.6 is 0 Å². The average molecular weight is 2170 g/mol. The number of ether oxygens (including phenoxy) is 22. The molecule has 11 fully saturated rings. The molecule has 0 aromatic rings. The maximum atomic E-state index is 13.5. The number of rotatable bonds is 43. The standard InChI is InChI=1S/C82H139N5O61/c1-19(99)83-24(6-88)41(105)63(25(104)7-89)140-80-62(126)69(146-82-71(148-75-40(87-23(5)103)51(115)67(33(15-97)136-75)145-79-60(124)55(119)45(109)29(11-93)132-79)61(125)68(34(16-98)137-82)141-73-38(85-21(3)101)49(113)65(31(13-95)134-73)143-77-58(122)53(117)43(107)27(9-91)130-77)47(111)36(138-80)18-128-81-70(147-74-39(86-22(4)102)50(114)66(32(14-96)135-74)144-78-59(123)54(118)44(108)28(10-92)131-78)56(120)46(110)35(139-81)17-127-72-37(84-20(2)100)48(112)64(30(12-94)133-72)142-76-57(121)52(116)42(106)26(8-90)129-76/h24-82,88-98,104-126H,6-18H2,1-5H3,(H,83,99)(H,84,100)(H,85,101)(H,86,102)(H,87,103)/t24-,25+,26+,27+,28+,29+,30+,31+,32+,33+,34+,35+,36+,37+,38+,39+,40+,41+,42-,43-,44-,45-,46+,47+,48+,49+,50+,51+,52-,53-,54-,55-,56-,57+,58+,59+,60+,61-,62-,63+,64+,65+,66+,67+,68+,69-,70-,71-,72+,73-,74-,75-,76-,77-,78-,79-,80-,81-,82+/m0/s1. The molecule has 0 unspecified atom stereocenters. The molecule has 148 heavy (non-hydrogen) atoms.